The molecule has 2 unspecified atom stereocenters. The van der Waals surface area contributed by atoms with E-state index in [0.29, 0.717) is 35.8 Å². The zero-order chi connectivity index (χ0) is 46.8. The van der Waals surface area contributed by atoms with Gasteiger partial charge >= 0.3 is 6.09 Å². The quantitative estimate of drug-likeness (QED) is 0.140. The molecule has 8 heterocycles. The number of rotatable bonds is 10. The Morgan fingerprint density at radius 3 is 1.76 bits per heavy atom. The molecule has 0 radical (unpaired) electrons. The van der Waals surface area contributed by atoms with Crippen molar-refractivity contribution in [3.8, 4) is 22.3 Å². The third-order valence-corrected chi connectivity index (χ3v) is 12.4. The molecule has 0 aliphatic carbocycles. The number of aromatic nitrogens is 10. The molecule has 18 heteroatoms. The smallest absolute Gasteiger partial charge is 0.410 e. The highest BCUT2D eigenvalue weighted by atomic mass is 16.6. The van der Waals surface area contributed by atoms with Crippen LogP contribution in [0.4, 0.5) is 16.4 Å². The Morgan fingerprint density at radius 1 is 0.712 bits per heavy atom. The van der Waals surface area contributed by atoms with Crippen molar-refractivity contribution in [3.63, 3.8) is 0 Å². The fraction of sp³-hybridized carbons (Fsp3) is 0.479. The summed E-state index contributed by atoms with van der Waals surface area (Å²) < 4.78 is 12.6. The second-order valence-corrected chi connectivity index (χ2v) is 20.0. The monoisotopic (exact) mass is 899 g/mol. The molecule has 350 valence electrons. The van der Waals surface area contributed by atoms with Crippen molar-refractivity contribution in [2.75, 3.05) is 63.8 Å². The Morgan fingerprint density at radius 2 is 1.24 bits per heavy atom. The topological polar surface area (TPSA) is 196 Å². The standard InChI is InChI=1S/C28H36N8O2.C20H30N8/c1-28(2,3)10-11-34-12-13-35(27(37)38-19-20-8-6-5-7-9-20)18-24(34)23-14-25(29)36-26(32-23)22(16-31-36)21-15-30-33(4)17-21;1-20(2,3)5-7-27-8-6-22-12-17(27)16-9-18(21)28-19(25-16)15(11-24-28)14-10-23-26(4)13-14/h5-9,14-17,24H,10-13,18-19,29H2,1-4H3;9-11,13,17,22H,5-8,12,21H2,1-4H3. The van der Waals surface area contributed by atoms with E-state index in [2.05, 4.69) is 77.1 Å². The van der Waals surface area contributed by atoms with Crippen molar-refractivity contribution in [1.29, 1.82) is 0 Å². The minimum atomic E-state index is -0.316. The van der Waals surface area contributed by atoms with Gasteiger partial charge in [0.05, 0.1) is 48.3 Å². The summed E-state index contributed by atoms with van der Waals surface area (Å²) in [5.74, 6) is 1.11. The molecule has 2 fully saturated rings. The maximum Gasteiger partial charge on any atom is 0.410 e. The molecule has 7 aromatic rings. The summed E-state index contributed by atoms with van der Waals surface area (Å²) in [6.45, 7) is 20.5. The Labute approximate surface area is 386 Å². The highest BCUT2D eigenvalue weighted by Crippen LogP contribution is 2.33. The Bertz CT molecular complexity index is 2740. The molecule has 5 N–H and O–H groups in total. The summed E-state index contributed by atoms with van der Waals surface area (Å²) in [5, 5.41) is 21.0. The number of nitrogen functional groups attached to an aromatic ring is 2. The molecule has 0 saturated carbocycles. The van der Waals surface area contributed by atoms with E-state index in [-0.39, 0.29) is 30.2 Å². The van der Waals surface area contributed by atoms with E-state index in [1.165, 1.54) is 0 Å². The van der Waals surface area contributed by atoms with Gasteiger partial charge in [0.2, 0.25) is 0 Å². The van der Waals surface area contributed by atoms with E-state index in [9.17, 15) is 4.79 Å². The van der Waals surface area contributed by atoms with Gasteiger partial charge in [0, 0.05) is 100 Å². The predicted molar refractivity (Wildman–Crippen MR) is 257 cm³/mol. The van der Waals surface area contributed by atoms with Gasteiger partial charge in [-0.15, -0.1) is 0 Å². The van der Waals surface area contributed by atoms with Crippen molar-refractivity contribution in [1.82, 2.24) is 68.8 Å². The predicted octanol–water partition coefficient (Wildman–Crippen LogP) is 6.24. The van der Waals surface area contributed by atoms with Gasteiger partial charge in [-0.3, -0.25) is 19.2 Å². The minimum absolute atomic E-state index is 0.126. The number of hydrogen-bond acceptors (Lipinski definition) is 13. The van der Waals surface area contributed by atoms with Crippen LogP contribution in [0, 0.1) is 10.8 Å². The fourth-order valence-electron chi connectivity index (χ4n) is 8.49. The number of carbonyl (C=O) groups is 1. The molecule has 2 aliphatic rings. The van der Waals surface area contributed by atoms with Crippen LogP contribution >= 0.6 is 0 Å². The summed E-state index contributed by atoms with van der Waals surface area (Å²) in [6, 6.07) is 13.7. The lowest BCUT2D eigenvalue weighted by Gasteiger charge is -2.41. The van der Waals surface area contributed by atoms with Crippen LogP contribution in [-0.2, 0) is 25.4 Å². The van der Waals surface area contributed by atoms with Gasteiger partial charge in [0.15, 0.2) is 11.3 Å². The van der Waals surface area contributed by atoms with Crippen molar-refractivity contribution in [2.45, 2.75) is 73.1 Å². The van der Waals surface area contributed by atoms with Gasteiger partial charge in [-0.2, -0.15) is 29.4 Å². The highest BCUT2D eigenvalue weighted by molar-refractivity contribution is 5.78. The molecule has 0 bridgehead atoms. The molecule has 6 aromatic heterocycles. The fourth-order valence-corrected chi connectivity index (χ4v) is 8.49. The molecule has 2 aliphatic heterocycles. The van der Waals surface area contributed by atoms with Crippen molar-refractivity contribution < 1.29 is 9.53 Å². The van der Waals surface area contributed by atoms with Gasteiger partial charge in [-0.1, -0.05) is 71.9 Å². The van der Waals surface area contributed by atoms with E-state index >= 15 is 0 Å². The SMILES string of the molecule is Cn1cc(-c2cnn3c(N)cc(C4CN(C(=O)OCc5ccccc5)CCN4CCC(C)(C)C)nc23)cn1.Cn1cc(-c2cnn3c(N)cc(C4CNCCN4CCC(C)(C)C)nc23)cn1. The van der Waals surface area contributed by atoms with Crippen LogP contribution in [0.2, 0.25) is 0 Å². The average Bonchev–Trinajstić information content (AvgIpc) is 4.11. The number of piperazine rings is 2. The maximum absolute atomic E-state index is 13.1. The lowest BCUT2D eigenvalue weighted by molar-refractivity contribution is 0.0414. The van der Waals surface area contributed by atoms with Crippen LogP contribution in [0.3, 0.4) is 0 Å². The summed E-state index contributed by atoms with van der Waals surface area (Å²) in [4.78, 5) is 29.8. The number of ether oxygens (including phenoxy) is 1. The van der Waals surface area contributed by atoms with Gasteiger partial charge in [0.25, 0.3) is 0 Å². The van der Waals surface area contributed by atoms with E-state index in [4.69, 9.17) is 26.2 Å². The third kappa shape index (κ3) is 10.8. The van der Waals surface area contributed by atoms with Crippen LogP contribution in [0.25, 0.3) is 33.5 Å². The number of hydrogen-bond donors (Lipinski definition) is 3. The summed E-state index contributed by atoms with van der Waals surface area (Å²) >= 11 is 0. The maximum atomic E-state index is 13.1. The number of aryl methyl sites for hydroxylation is 2. The number of nitrogens with two attached hydrogens (primary N) is 2. The molecule has 2 saturated heterocycles. The molecule has 0 spiro atoms. The third-order valence-electron chi connectivity index (χ3n) is 12.4. The van der Waals surface area contributed by atoms with E-state index < -0.39 is 0 Å². The average molecular weight is 899 g/mol. The van der Waals surface area contributed by atoms with Gasteiger partial charge in [-0.25, -0.2) is 14.8 Å². The highest BCUT2D eigenvalue weighted by Gasteiger charge is 2.34. The molecule has 1 aromatic carbocycles. The first kappa shape index (κ1) is 46.2. The first-order valence-electron chi connectivity index (χ1n) is 22.9. The van der Waals surface area contributed by atoms with Crippen molar-refractivity contribution >= 4 is 29.0 Å². The number of carbonyl (C=O) groups excluding carboxylic acids is 1. The number of anilines is 2. The normalized spacial score (nSPS) is 17.6. The number of fused-ring (bicyclic) bond motifs is 2. The van der Waals surface area contributed by atoms with Gasteiger partial charge in [-0.05, 0) is 42.3 Å². The molecular weight excluding hydrogens is 833 g/mol. The summed E-state index contributed by atoms with van der Waals surface area (Å²) in [6.07, 6.45) is 13.0. The first-order chi connectivity index (χ1) is 31.5. The molecule has 1 amide bonds. The Hall–Kier alpha value is -6.37. The first-order valence-corrected chi connectivity index (χ1v) is 22.9. The Balaban J connectivity index is 0.000000188. The van der Waals surface area contributed by atoms with E-state index in [1.807, 2.05) is 81.3 Å². The zero-order valence-electron chi connectivity index (χ0n) is 39.7. The van der Waals surface area contributed by atoms with Crippen LogP contribution < -0.4 is 16.8 Å². The second-order valence-electron chi connectivity index (χ2n) is 20.0. The van der Waals surface area contributed by atoms with E-state index in [1.54, 1.807) is 35.7 Å². The largest absolute Gasteiger partial charge is 0.445 e. The summed E-state index contributed by atoms with van der Waals surface area (Å²) in [7, 11) is 3.78. The minimum Gasteiger partial charge on any atom is -0.445 e. The van der Waals surface area contributed by atoms with Crippen LogP contribution in [0.5, 0.6) is 0 Å². The van der Waals surface area contributed by atoms with Crippen molar-refractivity contribution in [3.05, 3.63) is 96.6 Å². The van der Waals surface area contributed by atoms with Crippen LogP contribution in [-0.4, -0.2) is 122 Å². The second kappa shape index (κ2) is 19.2. The van der Waals surface area contributed by atoms with Gasteiger partial charge < -0.3 is 26.4 Å². The number of amides is 1. The van der Waals surface area contributed by atoms with Crippen LogP contribution in [0.15, 0.2) is 79.6 Å². The molecule has 9 rings (SSSR count). The summed E-state index contributed by atoms with van der Waals surface area (Å²) in [5.41, 5.74) is 21.3. The lowest BCUT2D eigenvalue weighted by Crippen LogP contribution is -2.51. The zero-order valence-corrected chi connectivity index (χ0v) is 39.7. The Kier molecular flexibility index (Phi) is 13.5. The number of nitrogens with zero attached hydrogens (tertiary/aromatic N) is 13. The van der Waals surface area contributed by atoms with Gasteiger partial charge in [0.1, 0.15) is 18.2 Å². The number of benzene rings is 1. The molecule has 66 heavy (non-hydrogen) atoms. The number of nitrogens with one attached hydrogen (secondary N) is 1. The lowest BCUT2D eigenvalue weighted by atomic mass is 9.91. The van der Waals surface area contributed by atoms with Crippen LogP contribution in [0.1, 0.15) is 83.4 Å². The molecule has 2 atom stereocenters. The molecular formula is C48H66N16O2. The van der Waals surface area contributed by atoms with E-state index in [0.717, 1.165) is 97.0 Å². The molecule has 18 nitrogen and oxygen atoms in total. The van der Waals surface area contributed by atoms with Crippen molar-refractivity contribution in [2.24, 2.45) is 24.9 Å².